The highest BCUT2D eigenvalue weighted by Crippen LogP contribution is 2.28. The molecular formula is C27H34N6O3. The number of benzene rings is 2. The number of rotatable bonds is 8. The third-order valence-electron chi connectivity index (χ3n) is 7.27. The van der Waals surface area contributed by atoms with Gasteiger partial charge in [0, 0.05) is 45.3 Å². The third-order valence-corrected chi connectivity index (χ3v) is 7.27. The molecule has 1 saturated heterocycles. The first-order valence-corrected chi connectivity index (χ1v) is 12.7. The Labute approximate surface area is 212 Å². The van der Waals surface area contributed by atoms with Gasteiger partial charge in [0.1, 0.15) is 12.9 Å². The maximum absolute atomic E-state index is 12.9. The fourth-order valence-corrected chi connectivity index (χ4v) is 5.19. The molecule has 3 heterocycles. The van der Waals surface area contributed by atoms with E-state index in [4.69, 9.17) is 4.74 Å². The fourth-order valence-electron chi connectivity index (χ4n) is 5.19. The zero-order valence-corrected chi connectivity index (χ0v) is 21.1. The van der Waals surface area contributed by atoms with Gasteiger partial charge >= 0.3 is 5.97 Å². The summed E-state index contributed by atoms with van der Waals surface area (Å²) in [7, 11) is 1.89. The highest BCUT2D eigenvalue weighted by atomic mass is 16.5. The smallest absolute Gasteiger partial charge is 0.338 e. The largest absolute Gasteiger partial charge is 0.457 e. The maximum atomic E-state index is 12.9. The summed E-state index contributed by atoms with van der Waals surface area (Å²) in [6, 6.07) is 12.1. The molecule has 1 amide bonds. The van der Waals surface area contributed by atoms with E-state index < -0.39 is 0 Å². The molecule has 0 radical (unpaired) electrons. The van der Waals surface area contributed by atoms with Crippen LogP contribution in [-0.4, -0.2) is 72.9 Å². The van der Waals surface area contributed by atoms with Gasteiger partial charge in [-0.2, -0.15) is 5.10 Å². The number of esters is 1. The van der Waals surface area contributed by atoms with Crippen LogP contribution in [0.2, 0.25) is 0 Å². The highest BCUT2D eigenvalue weighted by molar-refractivity contribution is 5.94. The summed E-state index contributed by atoms with van der Waals surface area (Å²) in [5.74, 6) is -0.0194. The first-order chi connectivity index (χ1) is 17.5. The number of amides is 1. The van der Waals surface area contributed by atoms with Gasteiger partial charge in [0.05, 0.1) is 17.7 Å². The molecule has 0 aliphatic carbocycles. The number of fused-ring (bicyclic) bond motifs is 1. The number of carbonyl (C=O) groups excluding carboxylic acids is 2. The number of nitrogens with one attached hydrogen (secondary N) is 1. The maximum Gasteiger partial charge on any atom is 0.338 e. The molecular weight excluding hydrogens is 456 g/mol. The van der Waals surface area contributed by atoms with E-state index in [1.54, 1.807) is 11.5 Å². The number of carbonyl (C=O) groups is 2. The number of piperazine rings is 1. The molecule has 9 heteroatoms. The summed E-state index contributed by atoms with van der Waals surface area (Å²) in [6.45, 7) is 6.81. The summed E-state index contributed by atoms with van der Waals surface area (Å²) in [4.78, 5) is 29.3. The average molecular weight is 491 g/mol. The molecule has 36 heavy (non-hydrogen) atoms. The summed E-state index contributed by atoms with van der Waals surface area (Å²) < 4.78 is 5.27. The van der Waals surface area contributed by atoms with Crippen LogP contribution in [-0.2, 0) is 35.4 Å². The number of hydrazine groups is 2. The SMILES string of the molecule is CCCc1c(CCN2CCN(C(=O)Cc3ccc(N4C=NNN4C)cc3)CC2)ccc2c1COC2=O. The second-order valence-corrected chi connectivity index (χ2v) is 9.58. The van der Waals surface area contributed by atoms with Gasteiger partial charge in [-0.15, -0.1) is 5.12 Å². The minimum absolute atomic E-state index is 0.178. The lowest BCUT2D eigenvalue weighted by atomic mass is 9.92. The molecule has 1 fully saturated rings. The monoisotopic (exact) mass is 490 g/mol. The summed E-state index contributed by atoms with van der Waals surface area (Å²) in [6.07, 6.45) is 5.09. The Balaban J connectivity index is 1.11. The van der Waals surface area contributed by atoms with Crippen LogP contribution in [0, 0.1) is 0 Å². The van der Waals surface area contributed by atoms with Crippen molar-refractivity contribution < 1.29 is 14.3 Å². The molecule has 0 saturated carbocycles. The van der Waals surface area contributed by atoms with Crippen LogP contribution in [0.15, 0.2) is 41.5 Å². The molecule has 5 rings (SSSR count). The summed E-state index contributed by atoms with van der Waals surface area (Å²) >= 11 is 0. The van der Waals surface area contributed by atoms with Gasteiger partial charge in [0.2, 0.25) is 5.91 Å². The minimum Gasteiger partial charge on any atom is -0.457 e. The van der Waals surface area contributed by atoms with Crippen LogP contribution in [0.1, 0.15) is 46.0 Å². The van der Waals surface area contributed by atoms with E-state index in [1.807, 2.05) is 47.3 Å². The van der Waals surface area contributed by atoms with Crippen molar-refractivity contribution in [1.29, 1.82) is 0 Å². The molecule has 2 aromatic carbocycles. The van der Waals surface area contributed by atoms with Crippen molar-refractivity contribution in [3.8, 4) is 0 Å². The molecule has 0 aromatic heterocycles. The van der Waals surface area contributed by atoms with E-state index >= 15 is 0 Å². The normalized spacial score (nSPS) is 17.9. The Morgan fingerprint density at radius 1 is 1.06 bits per heavy atom. The van der Waals surface area contributed by atoms with E-state index in [0.29, 0.717) is 13.0 Å². The third kappa shape index (κ3) is 5.08. The van der Waals surface area contributed by atoms with Gasteiger partial charge < -0.3 is 9.64 Å². The van der Waals surface area contributed by atoms with Crippen molar-refractivity contribution in [2.24, 2.45) is 5.10 Å². The van der Waals surface area contributed by atoms with Crippen molar-refractivity contribution in [3.63, 3.8) is 0 Å². The van der Waals surface area contributed by atoms with Crippen LogP contribution in [0.3, 0.4) is 0 Å². The van der Waals surface area contributed by atoms with Crippen LogP contribution >= 0.6 is 0 Å². The Morgan fingerprint density at radius 2 is 1.83 bits per heavy atom. The topological polar surface area (TPSA) is 80.7 Å². The summed E-state index contributed by atoms with van der Waals surface area (Å²) in [5, 5.41) is 7.69. The number of hydrogen-bond donors (Lipinski definition) is 1. The molecule has 3 aliphatic rings. The van der Waals surface area contributed by atoms with E-state index in [0.717, 1.165) is 74.4 Å². The second kappa shape index (κ2) is 10.7. The lowest BCUT2D eigenvalue weighted by molar-refractivity contribution is -0.132. The molecule has 3 aliphatic heterocycles. The Morgan fingerprint density at radius 3 is 2.53 bits per heavy atom. The Bertz CT molecular complexity index is 1140. The van der Waals surface area contributed by atoms with Crippen molar-refractivity contribution >= 4 is 23.9 Å². The van der Waals surface area contributed by atoms with Gasteiger partial charge in [-0.25, -0.2) is 15.3 Å². The lowest BCUT2D eigenvalue weighted by Crippen LogP contribution is -2.49. The number of hydrogen-bond acceptors (Lipinski definition) is 8. The lowest BCUT2D eigenvalue weighted by Gasteiger charge is -2.35. The molecule has 0 bridgehead atoms. The van der Waals surface area contributed by atoms with Gasteiger partial charge in [0.25, 0.3) is 0 Å². The van der Waals surface area contributed by atoms with Crippen LogP contribution in [0.4, 0.5) is 5.69 Å². The standard InChI is InChI=1S/C27H34N6O3/c1-3-4-23-21(7-10-24-25(23)18-36-27(24)35)11-12-31-13-15-32(16-14-31)26(34)17-20-5-8-22(9-6-20)33-19-28-29-30(33)2/h5-10,19,29H,3-4,11-18H2,1-2H3. The van der Waals surface area contributed by atoms with Crippen molar-refractivity contribution in [2.45, 2.75) is 39.2 Å². The average Bonchev–Trinajstić information content (AvgIpc) is 3.50. The minimum atomic E-state index is -0.198. The van der Waals surface area contributed by atoms with Gasteiger partial charge in [-0.05, 0) is 47.7 Å². The molecule has 0 atom stereocenters. The Kier molecular flexibility index (Phi) is 7.20. The highest BCUT2D eigenvalue weighted by Gasteiger charge is 2.26. The van der Waals surface area contributed by atoms with Gasteiger partial charge in [-0.1, -0.05) is 31.5 Å². The number of anilines is 1. The zero-order valence-electron chi connectivity index (χ0n) is 21.1. The molecule has 2 aromatic rings. The van der Waals surface area contributed by atoms with Gasteiger partial charge in [-0.3, -0.25) is 9.69 Å². The second-order valence-electron chi connectivity index (χ2n) is 9.58. The molecule has 0 spiro atoms. The first kappa shape index (κ1) is 24.3. The number of nitrogens with zero attached hydrogens (tertiary/aromatic N) is 5. The number of hydrazone groups is 1. The predicted molar refractivity (Wildman–Crippen MR) is 138 cm³/mol. The Hall–Kier alpha value is -3.43. The molecule has 190 valence electrons. The molecule has 1 N–H and O–H groups in total. The van der Waals surface area contributed by atoms with E-state index in [9.17, 15) is 9.59 Å². The molecule has 9 nitrogen and oxygen atoms in total. The van der Waals surface area contributed by atoms with Crippen molar-refractivity contribution in [3.05, 3.63) is 64.2 Å². The zero-order chi connectivity index (χ0) is 25.1. The predicted octanol–water partition coefficient (Wildman–Crippen LogP) is 2.35. The van der Waals surface area contributed by atoms with E-state index in [-0.39, 0.29) is 11.9 Å². The summed E-state index contributed by atoms with van der Waals surface area (Å²) in [5.41, 5.74) is 9.27. The molecule has 0 unspecified atom stereocenters. The van der Waals surface area contributed by atoms with Crippen LogP contribution in [0.5, 0.6) is 0 Å². The van der Waals surface area contributed by atoms with Crippen LogP contribution < -0.4 is 10.5 Å². The quantitative estimate of drug-likeness (QED) is 0.569. The van der Waals surface area contributed by atoms with E-state index in [2.05, 4.69) is 28.5 Å². The first-order valence-electron chi connectivity index (χ1n) is 12.7. The number of ether oxygens (including phenoxy) is 1. The number of cyclic esters (lactones) is 1. The van der Waals surface area contributed by atoms with Crippen molar-refractivity contribution in [1.82, 2.24) is 20.5 Å². The van der Waals surface area contributed by atoms with E-state index in [1.165, 1.54) is 11.1 Å². The van der Waals surface area contributed by atoms with Crippen molar-refractivity contribution in [2.75, 3.05) is 44.8 Å². The fraction of sp³-hybridized carbons (Fsp3) is 0.444. The van der Waals surface area contributed by atoms with Crippen LogP contribution in [0.25, 0.3) is 0 Å². The van der Waals surface area contributed by atoms with Gasteiger partial charge in [0.15, 0.2) is 0 Å².